The lowest BCUT2D eigenvalue weighted by Crippen LogP contribution is -2.30. The topological polar surface area (TPSA) is 69.8 Å². The van der Waals surface area contributed by atoms with Crippen LogP contribution in [0.3, 0.4) is 0 Å². The Hall–Kier alpha value is -2.66. The Morgan fingerprint density at radius 2 is 2.00 bits per heavy atom. The highest BCUT2D eigenvalue weighted by Crippen LogP contribution is 2.35. The summed E-state index contributed by atoms with van der Waals surface area (Å²) in [6.45, 7) is 1.62. The largest absolute Gasteiger partial charge is 0.357 e. The first-order valence-corrected chi connectivity index (χ1v) is 11.8. The first-order chi connectivity index (χ1) is 15.3. The molecule has 0 radical (unpaired) electrons. The summed E-state index contributed by atoms with van der Waals surface area (Å²) in [5.74, 6) is 0.794. The molecule has 31 heavy (non-hydrogen) atoms. The molecule has 5 nitrogen and oxygen atoms in total. The molecule has 2 aliphatic rings. The van der Waals surface area contributed by atoms with Gasteiger partial charge in [0.2, 0.25) is 0 Å². The molecule has 2 heterocycles. The number of carbonyl (C=O) groups is 1. The third-order valence-electron chi connectivity index (χ3n) is 7.02. The maximum Gasteiger partial charge on any atom is 0.251 e. The van der Waals surface area contributed by atoms with E-state index in [0.29, 0.717) is 12.6 Å². The van der Waals surface area contributed by atoms with Gasteiger partial charge in [-0.1, -0.05) is 25.3 Å². The molecule has 1 atom stereocenters. The summed E-state index contributed by atoms with van der Waals surface area (Å²) in [4.78, 5) is 20.5. The maximum atomic E-state index is 12.7. The number of H-pyrrole nitrogens is 1. The quantitative estimate of drug-likeness (QED) is 0.527. The van der Waals surface area contributed by atoms with Crippen molar-refractivity contribution < 1.29 is 4.79 Å². The standard InChI is InChI=1S/C26H32N4O/c31-26(29-17-19-8-5-13-27-15-19)20-11-12-23-22(14-20)21-9-4-10-24(25(21)30-23)28-16-18-6-2-1-3-7-18/h5,8,11-15,18,24,28,30H,1-4,6-7,9-10,16-17H2,(H,29,31). The van der Waals surface area contributed by atoms with Crippen molar-refractivity contribution in [2.24, 2.45) is 5.92 Å². The second-order valence-corrected chi connectivity index (χ2v) is 9.18. The van der Waals surface area contributed by atoms with Crippen molar-refractivity contribution in [2.45, 2.75) is 64.0 Å². The van der Waals surface area contributed by atoms with E-state index in [0.717, 1.165) is 35.5 Å². The van der Waals surface area contributed by atoms with Gasteiger partial charge in [-0.15, -0.1) is 0 Å². The van der Waals surface area contributed by atoms with Gasteiger partial charge in [0.05, 0.1) is 0 Å². The highest BCUT2D eigenvalue weighted by atomic mass is 16.1. The van der Waals surface area contributed by atoms with Gasteiger partial charge >= 0.3 is 0 Å². The second kappa shape index (κ2) is 9.23. The summed E-state index contributed by atoms with van der Waals surface area (Å²) < 4.78 is 0. The molecule has 0 saturated heterocycles. The molecule has 2 aromatic heterocycles. The maximum absolute atomic E-state index is 12.7. The van der Waals surface area contributed by atoms with Crippen molar-refractivity contribution in [1.82, 2.24) is 20.6 Å². The van der Waals surface area contributed by atoms with Gasteiger partial charge < -0.3 is 15.6 Å². The van der Waals surface area contributed by atoms with Crippen LogP contribution in [-0.4, -0.2) is 22.4 Å². The van der Waals surface area contributed by atoms with Gasteiger partial charge in [-0.3, -0.25) is 9.78 Å². The Morgan fingerprint density at radius 1 is 1.10 bits per heavy atom. The summed E-state index contributed by atoms with van der Waals surface area (Å²) in [6.07, 6.45) is 13.9. The van der Waals surface area contributed by atoms with Gasteiger partial charge in [-0.2, -0.15) is 0 Å². The average Bonchev–Trinajstić information content (AvgIpc) is 3.21. The SMILES string of the molecule is O=C(NCc1cccnc1)c1ccc2[nH]c3c(c2c1)CCCC3NCC1CCCCC1. The fourth-order valence-corrected chi connectivity index (χ4v) is 5.30. The van der Waals surface area contributed by atoms with Crippen LogP contribution in [0.15, 0.2) is 42.7 Å². The minimum absolute atomic E-state index is 0.0384. The lowest BCUT2D eigenvalue weighted by Gasteiger charge is -2.28. The van der Waals surface area contributed by atoms with E-state index < -0.39 is 0 Å². The number of hydrogen-bond donors (Lipinski definition) is 3. The van der Waals surface area contributed by atoms with Crippen LogP contribution < -0.4 is 10.6 Å². The van der Waals surface area contributed by atoms with Gasteiger partial charge in [-0.25, -0.2) is 0 Å². The molecule has 2 aliphatic carbocycles. The zero-order valence-electron chi connectivity index (χ0n) is 18.1. The number of carbonyl (C=O) groups excluding carboxylic acids is 1. The Kier molecular flexibility index (Phi) is 6.03. The number of nitrogens with zero attached hydrogens (tertiary/aromatic N) is 1. The molecular weight excluding hydrogens is 384 g/mol. The van der Waals surface area contributed by atoms with Crippen LogP contribution in [0.2, 0.25) is 0 Å². The Balaban J connectivity index is 1.31. The zero-order chi connectivity index (χ0) is 21.0. The zero-order valence-corrected chi connectivity index (χ0v) is 18.1. The Bertz CT molecular complexity index is 1040. The third-order valence-corrected chi connectivity index (χ3v) is 7.02. The summed E-state index contributed by atoms with van der Waals surface area (Å²) in [6, 6.07) is 10.3. The van der Waals surface area contributed by atoms with E-state index in [9.17, 15) is 4.79 Å². The van der Waals surface area contributed by atoms with Gasteiger partial charge in [0.25, 0.3) is 5.91 Å². The fraction of sp³-hybridized carbons (Fsp3) is 0.462. The number of benzene rings is 1. The predicted molar refractivity (Wildman–Crippen MR) is 124 cm³/mol. The second-order valence-electron chi connectivity index (χ2n) is 9.18. The molecule has 3 N–H and O–H groups in total. The lowest BCUT2D eigenvalue weighted by atomic mass is 9.87. The van der Waals surface area contributed by atoms with Crippen molar-refractivity contribution in [2.75, 3.05) is 6.54 Å². The highest BCUT2D eigenvalue weighted by molar-refractivity contribution is 5.99. The summed E-state index contributed by atoms with van der Waals surface area (Å²) in [5, 5.41) is 8.09. The van der Waals surface area contributed by atoms with E-state index in [-0.39, 0.29) is 5.91 Å². The van der Waals surface area contributed by atoms with Crippen LogP contribution in [0.4, 0.5) is 0 Å². The fourth-order valence-electron chi connectivity index (χ4n) is 5.30. The number of aromatic nitrogens is 2. The predicted octanol–water partition coefficient (Wildman–Crippen LogP) is 5.04. The highest BCUT2D eigenvalue weighted by Gasteiger charge is 2.25. The first-order valence-electron chi connectivity index (χ1n) is 11.8. The summed E-state index contributed by atoms with van der Waals surface area (Å²) >= 11 is 0. The smallest absolute Gasteiger partial charge is 0.251 e. The van der Waals surface area contributed by atoms with Gasteiger partial charge in [0, 0.05) is 47.1 Å². The summed E-state index contributed by atoms with van der Waals surface area (Å²) in [5.41, 5.74) is 5.59. The molecule has 1 fully saturated rings. The third kappa shape index (κ3) is 4.52. The van der Waals surface area contributed by atoms with E-state index in [1.54, 1.807) is 12.4 Å². The Morgan fingerprint density at radius 3 is 2.84 bits per heavy atom. The number of pyridine rings is 1. The molecule has 1 saturated carbocycles. The summed E-state index contributed by atoms with van der Waals surface area (Å²) in [7, 11) is 0. The van der Waals surface area contributed by atoms with Crippen molar-refractivity contribution in [1.29, 1.82) is 0 Å². The van der Waals surface area contributed by atoms with Crippen LogP contribution in [0.1, 0.15) is 78.2 Å². The van der Waals surface area contributed by atoms with E-state index >= 15 is 0 Å². The van der Waals surface area contributed by atoms with Crippen LogP contribution in [0, 0.1) is 5.92 Å². The molecule has 0 spiro atoms. The number of hydrogen-bond acceptors (Lipinski definition) is 3. The number of nitrogens with one attached hydrogen (secondary N) is 3. The number of amides is 1. The van der Waals surface area contributed by atoms with E-state index in [2.05, 4.69) is 32.7 Å². The molecule has 1 aromatic carbocycles. The van der Waals surface area contributed by atoms with Gasteiger partial charge in [0.15, 0.2) is 0 Å². The molecule has 0 aliphatic heterocycles. The molecule has 162 valence electrons. The number of fused-ring (bicyclic) bond motifs is 3. The van der Waals surface area contributed by atoms with Gasteiger partial charge in [0.1, 0.15) is 0 Å². The molecular formula is C26H32N4O. The van der Waals surface area contributed by atoms with E-state index in [4.69, 9.17) is 0 Å². The van der Waals surface area contributed by atoms with Crippen LogP contribution in [0.25, 0.3) is 10.9 Å². The lowest BCUT2D eigenvalue weighted by molar-refractivity contribution is 0.0951. The molecule has 5 rings (SSSR count). The van der Waals surface area contributed by atoms with E-state index in [1.165, 1.54) is 61.6 Å². The molecule has 5 heteroatoms. The molecule has 3 aromatic rings. The van der Waals surface area contributed by atoms with Crippen molar-refractivity contribution in [3.8, 4) is 0 Å². The normalized spacial score (nSPS) is 19.3. The van der Waals surface area contributed by atoms with Crippen molar-refractivity contribution >= 4 is 16.8 Å². The minimum atomic E-state index is -0.0384. The molecule has 0 bridgehead atoms. The van der Waals surface area contributed by atoms with Crippen molar-refractivity contribution in [3.63, 3.8) is 0 Å². The van der Waals surface area contributed by atoms with E-state index in [1.807, 2.05) is 18.2 Å². The minimum Gasteiger partial charge on any atom is -0.357 e. The number of rotatable bonds is 6. The monoisotopic (exact) mass is 416 g/mol. The number of aromatic amines is 1. The average molecular weight is 417 g/mol. The Labute approximate surface area is 184 Å². The van der Waals surface area contributed by atoms with Crippen LogP contribution >= 0.6 is 0 Å². The van der Waals surface area contributed by atoms with Gasteiger partial charge in [-0.05, 0) is 80.0 Å². The number of aryl methyl sites for hydroxylation is 1. The molecule has 1 amide bonds. The molecule has 1 unspecified atom stereocenters. The van der Waals surface area contributed by atoms with Crippen LogP contribution in [-0.2, 0) is 13.0 Å². The van der Waals surface area contributed by atoms with Crippen molar-refractivity contribution in [3.05, 3.63) is 65.1 Å². The first kappa shape index (κ1) is 20.3. The van der Waals surface area contributed by atoms with Crippen LogP contribution in [0.5, 0.6) is 0 Å².